The summed E-state index contributed by atoms with van der Waals surface area (Å²) in [6, 6.07) is 7.18. The molecule has 1 aliphatic heterocycles. The van der Waals surface area contributed by atoms with E-state index in [4.69, 9.17) is 21.1 Å². The highest BCUT2D eigenvalue weighted by atomic mass is 35.5. The van der Waals surface area contributed by atoms with Gasteiger partial charge in [0, 0.05) is 31.8 Å². The molecule has 128 valence electrons. The van der Waals surface area contributed by atoms with Crippen molar-refractivity contribution in [1.29, 1.82) is 0 Å². The van der Waals surface area contributed by atoms with Crippen LogP contribution in [-0.2, 0) is 9.47 Å². The summed E-state index contributed by atoms with van der Waals surface area (Å²) in [5.74, 6) is -0.0622. The summed E-state index contributed by atoms with van der Waals surface area (Å²) in [7, 11) is 1.63. The SMILES string of the molecule is COC[C@@H]1CN(C(=O)c2ccc(Cl)c3cccnc23)CC(C)(C)O1. The number of carbonyl (C=O) groups excluding carboxylic acids is 1. The highest BCUT2D eigenvalue weighted by molar-refractivity contribution is 6.36. The number of pyridine rings is 1. The van der Waals surface area contributed by atoms with E-state index >= 15 is 0 Å². The zero-order chi connectivity index (χ0) is 17.3. The molecule has 1 fully saturated rings. The highest BCUT2D eigenvalue weighted by Crippen LogP contribution is 2.28. The Balaban J connectivity index is 1.95. The van der Waals surface area contributed by atoms with Crippen molar-refractivity contribution in [3.8, 4) is 0 Å². The number of carbonyl (C=O) groups is 1. The van der Waals surface area contributed by atoms with Crippen LogP contribution in [0.1, 0.15) is 24.2 Å². The minimum Gasteiger partial charge on any atom is -0.382 e. The molecule has 1 aromatic heterocycles. The first-order chi connectivity index (χ1) is 11.4. The first kappa shape index (κ1) is 17.1. The molecule has 0 spiro atoms. The van der Waals surface area contributed by atoms with Crippen molar-refractivity contribution in [1.82, 2.24) is 9.88 Å². The lowest BCUT2D eigenvalue weighted by atomic mass is 10.0. The molecule has 1 aromatic carbocycles. The zero-order valence-electron chi connectivity index (χ0n) is 14.1. The van der Waals surface area contributed by atoms with Gasteiger partial charge in [-0.15, -0.1) is 0 Å². The standard InChI is InChI=1S/C18H21ClN2O3/c1-18(2)11-21(9-12(24-18)10-23-3)17(22)14-6-7-15(19)13-5-4-8-20-16(13)14/h4-8,12H,9-11H2,1-3H3/t12-/m0/s1. The second-order valence-electron chi connectivity index (χ2n) is 6.64. The Bertz CT molecular complexity index is 763. The Morgan fingerprint density at radius 2 is 2.25 bits per heavy atom. The summed E-state index contributed by atoms with van der Waals surface area (Å²) < 4.78 is 11.2. The van der Waals surface area contributed by atoms with Crippen LogP contribution in [0.5, 0.6) is 0 Å². The molecule has 24 heavy (non-hydrogen) atoms. The van der Waals surface area contributed by atoms with E-state index in [1.807, 2.05) is 30.9 Å². The van der Waals surface area contributed by atoms with Gasteiger partial charge in [0.25, 0.3) is 5.91 Å². The molecule has 1 amide bonds. The average Bonchev–Trinajstić information content (AvgIpc) is 2.54. The minimum absolute atomic E-state index is 0.0622. The average molecular weight is 349 g/mol. The number of benzene rings is 1. The Morgan fingerprint density at radius 3 is 3.00 bits per heavy atom. The lowest BCUT2D eigenvalue weighted by molar-refractivity contribution is -0.143. The van der Waals surface area contributed by atoms with Crippen LogP contribution in [0.15, 0.2) is 30.5 Å². The van der Waals surface area contributed by atoms with Gasteiger partial charge in [0.05, 0.1) is 34.4 Å². The number of aromatic nitrogens is 1. The molecule has 6 heteroatoms. The number of halogens is 1. The van der Waals surface area contributed by atoms with Crippen LogP contribution in [0.25, 0.3) is 10.9 Å². The number of nitrogens with zero attached hydrogens (tertiary/aromatic N) is 2. The molecule has 0 radical (unpaired) electrons. The van der Waals surface area contributed by atoms with E-state index in [2.05, 4.69) is 4.98 Å². The minimum atomic E-state index is -0.424. The maximum absolute atomic E-state index is 13.1. The molecule has 0 saturated carbocycles. The molecule has 1 saturated heterocycles. The van der Waals surface area contributed by atoms with Gasteiger partial charge in [0.2, 0.25) is 0 Å². The van der Waals surface area contributed by atoms with Gasteiger partial charge in [-0.05, 0) is 38.1 Å². The third-order valence-electron chi connectivity index (χ3n) is 4.07. The van der Waals surface area contributed by atoms with Crippen LogP contribution in [0.3, 0.4) is 0 Å². The van der Waals surface area contributed by atoms with E-state index in [0.29, 0.717) is 35.8 Å². The summed E-state index contributed by atoms with van der Waals surface area (Å²) in [5, 5.41) is 1.38. The topological polar surface area (TPSA) is 51.7 Å². The predicted octanol–water partition coefficient (Wildman–Crippen LogP) is 3.15. The van der Waals surface area contributed by atoms with Crippen molar-refractivity contribution in [3.05, 3.63) is 41.0 Å². The molecule has 5 nitrogen and oxygen atoms in total. The van der Waals surface area contributed by atoms with E-state index < -0.39 is 5.60 Å². The van der Waals surface area contributed by atoms with Gasteiger partial charge in [-0.2, -0.15) is 0 Å². The molecular formula is C18H21ClN2O3. The van der Waals surface area contributed by atoms with E-state index in [9.17, 15) is 4.79 Å². The van der Waals surface area contributed by atoms with Gasteiger partial charge in [0.1, 0.15) is 0 Å². The quantitative estimate of drug-likeness (QED) is 0.855. The number of amides is 1. The number of fused-ring (bicyclic) bond motifs is 1. The van der Waals surface area contributed by atoms with Crippen molar-refractivity contribution >= 4 is 28.4 Å². The molecule has 0 bridgehead atoms. The first-order valence-corrected chi connectivity index (χ1v) is 8.28. The fourth-order valence-corrected chi connectivity index (χ4v) is 3.42. The molecule has 2 aromatic rings. The summed E-state index contributed by atoms with van der Waals surface area (Å²) in [5.41, 5.74) is 0.763. The van der Waals surface area contributed by atoms with Gasteiger partial charge in [0.15, 0.2) is 0 Å². The Labute approximate surface area is 146 Å². The number of morpholine rings is 1. The predicted molar refractivity (Wildman–Crippen MR) is 93.5 cm³/mol. The van der Waals surface area contributed by atoms with Crippen molar-refractivity contribution in [2.75, 3.05) is 26.8 Å². The van der Waals surface area contributed by atoms with Crippen molar-refractivity contribution in [2.24, 2.45) is 0 Å². The second-order valence-corrected chi connectivity index (χ2v) is 7.04. The largest absolute Gasteiger partial charge is 0.382 e. The fourth-order valence-electron chi connectivity index (χ4n) is 3.20. The van der Waals surface area contributed by atoms with E-state index in [0.717, 1.165) is 5.39 Å². The number of rotatable bonds is 3. The smallest absolute Gasteiger partial charge is 0.256 e. The van der Waals surface area contributed by atoms with E-state index in [1.165, 1.54) is 0 Å². The third-order valence-corrected chi connectivity index (χ3v) is 4.40. The highest BCUT2D eigenvalue weighted by Gasteiger charge is 2.36. The van der Waals surface area contributed by atoms with Gasteiger partial charge < -0.3 is 14.4 Å². The van der Waals surface area contributed by atoms with Crippen LogP contribution in [0.4, 0.5) is 0 Å². The van der Waals surface area contributed by atoms with Crippen LogP contribution in [0, 0.1) is 0 Å². The van der Waals surface area contributed by atoms with Gasteiger partial charge in [-0.25, -0.2) is 0 Å². The lowest BCUT2D eigenvalue weighted by Crippen LogP contribution is -2.55. The van der Waals surface area contributed by atoms with Gasteiger partial charge in [-0.1, -0.05) is 11.6 Å². The van der Waals surface area contributed by atoms with Crippen LogP contribution >= 0.6 is 11.6 Å². The number of hydrogen-bond acceptors (Lipinski definition) is 4. The Hall–Kier alpha value is -1.69. The van der Waals surface area contributed by atoms with Gasteiger partial charge >= 0.3 is 0 Å². The maximum atomic E-state index is 13.1. The number of hydrogen-bond donors (Lipinski definition) is 0. The Kier molecular flexibility index (Phi) is 4.76. The molecule has 0 aliphatic carbocycles. The van der Waals surface area contributed by atoms with Crippen LogP contribution in [0.2, 0.25) is 5.02 Å². The van der Waals surface area contributed by atoms with E-state index in [-0.39, 0.29) is 12.0 Å². The second kappa shape index (κ2) is 6.67. The molecule has 3 rings (SSSR count). The fraction of sp³-hybridized carbons (Fsp3) is 0.444. The van der Waals surface area contributed by atoms with E-state index in [1.54, 1.807) is 25.4 Å². The monoisotopic (exact) mass is 348 g/mol. The normalized spacial score (nSPS) is 20.3. The molecular weight excluding hydrogens is 328 g/mol. The summed E-state index contributed by atoms with van der Waals surface area (Å²) in [6.07, 6.45) is 1.53. The first-order valence-electron chi connectivity index (χ1n) is 7.90. The molecule has 1 aliphatic rings. The molecule has 2 heterocycles. The summed E-state index contributed by atoms with van der Waals surface area (Å²) >= 11 is 6.23. The van der Waals surface area contributed by atoms with Crippen molar-refractivity contribution in [2.45, 2.75) is 25.6 Å². The lowest BCUT2D eigenvalue weighted by Gasteiger charge is -2.42. The number of methoxy groups -OCH3 is 1. The maximum Gasteiger partial charge on any atom is 0.256 e. The molecule has 0 N–H and O–H groups in total. The molecule has 1 atom stereocenters. The van der Waals surface area contributed by atoms with Crippen molar-refractivity contribution in [3.63, 3.8) is 0 Å². The van der Waals surface area contributed by atoms with Crippen molar-refractivity contribution < 1.29 is 14.3 Å². The van der Waals surface area contributed by atoms with Crippen LogP contribution in [-0.4, -0.2) is 54.3 Å². The van der Waals surface area contributed by atoms with Gasteiger partial charge in [-0.3, -0.25) is 9.78 Å². The molecule has 0 unspecified atom stereocenters. The summed E-state index contributed by atoms with van der Waals surface area (Å²) in [4.78, 5) is 19.3. The zero-order valence-corrected chi connectivity index (χ0v) is 14.8. The Morgan fingerprint density at radius 1 is 1.46 bits per heavy atom. The third kappa shape index (κ3) is 3.38. The summed E-state index contributed by atoms with van der Waals surface area (Å²) in [6.45, 7) is 5.42. The van der Waals surface area contributed by atoms with Crippen LogP contribution < -0.4 is 0 Å². The number of ether oxygens (including phenoxy) is 2.